The van der Waals surface area contributed by atoms with E-state index in [1.807, 2.05) is 13.0 Å². The number of ether oxygens (including phenoxy) is 1. The summed E-state index contributed by atoms with van der Waals surface area (Å²) in [5.74, 6) is 1.59. The molecule has 0 aliphatic rings. The molecule has 0 amide bonds. The Balaban J connectivity index is 2.20. The molecule has 0 saturated carbocycles. The van der Waals surface area contributed by atoms with E-state index in [1.165, 1.54) is 0 Å². The standard InChI is InChI=1S/C15H19BrN2O2/c1-3-13(17)8-11-7-12(16)6-10(2)15(11)19-9-14-4-5-18-20-14/h4-7,13H,3,8-9,17H2,1-2H3. The van der Waals surface area contributed by atoms with E-state index in [-0.39, 0.29) is 6.04 Å². The van der Waals surface area contributed by atoms with Gasteiger partial charge in [0.2, 0.25) is 0 Å². The molecule has 0 aliphatic heterocycles. The van der Waals surface area contributed by atoms with E-state index in [9.17, 15) is 0 Å². The van der Waals surface area contributed by atoms with Gasteiger partial charge in [0.15, 0.2) is 5.76 Å². The third-order valence-corrected chi connectivity index (χ3v) is 3.63. The number of aryl methyl sites for hydroxylation is 1. The van der Waals surface area contributed by atoms with Crippen LogP contribution in [0.25, 0.3) is 0 Å². The fourth-order valence-corrected chi connectivity index (χ4v) is 2.66. The van der Waals surface area contributed by atoms with E-state index in [2.05, 4.69) is 34.1 Å². The molecule has 2 aromatic rings. The van der Waals surface area contributed by atoms with Gasteiger partial charge in [0.1, 0.15) is 12.4 Å². The first-order chi connectivity index (χ1) is 9.60. The molecule has 1 aromatic heterocycles. The first-order valence-electron chi connectivity index (χ1n) is 6.67. The number of hydrogen-bond acceptors (Lipinski definition) is 4. The third-order valence-electron chi connectivity index (χ3n) is 3.17. The average Bonchev–Trinajstić information content (AvgIpc) is 2.90. The van der Waals surface area contributed by atoms with Gasteiger partial charge in [0.05, 0.1) is 6.20 Å². The Bertz CT molecular complexity index is 555. The number of benzene rings is 1. The Morgan fingerprint density at radius 1 is 1.45 bits per heavy atom. The van der Waals surface area contributed by atoms with Crippen LogP contribution in [0.5, 0.6) is 5.75 Å². The first-order valence-corrected chi connectivity index (χ1v) is 7.46. The van der Waals surface area contributed by atoms with Gasteiger partial charge in [0.25, 0.3) is 0 Å². The maximum absolute atomic E-state index is 6.07. The first kappa shape index (κ1) is 15.1. The fourth-order valence-electron chi connectivity index (χ4n) is 2.04. The molecule has 1 atom stereocenters. The van der Waals surface area contributed by atoms with Crippen LogP contribution in [0.2, 0.25) is 0 Å². The van der Waals surface area contributed by atoms with Crippen LogP contribution in [0, 0.1) is 6.92 Å². The molecule has 0 saturated heterocycles. The summed E-state index contributed by atoms with van der Waals surface area (Å²) in [6.07, 6.45) is 3.34. The van der Waals surface area contributed by atoms with Crippen LogP contribution < -0.4 is 10.5 Å². The van der Waals surface area contributed by atoms with Gasteiger partial charge in [-0.25, -0.2) is 0 Å². The van der Waals surface area contributed by atoms with Crippen LogP contribution in [0.1, 0.15) is 30.2 Å². The average molecular weight is 339 g/mol. The van der Waals surface area contributed by atoms with Crippen molar-refractivity contribution in [3.63, 3.8) is 0 Å². The summed E-state index contributed by atoms with van der Waals surface area (Å²) in [6.45, 7) is 4.49. The molecular formula is C15H19BrN2O2. The Hall–Kier alpha value is -1.33. The van der Waals surface area contributed by atoms with Crippen LogP contribution >= 0.6 is 15.9 Å². The molecule has 1 heterocycles. The predicted octanol–water partition coefficient (Wildman–Crippen LogP) is 3.60. The van der Waals surface area contributed by atoms with Crippen molar-refractivity contribution in [2.24, 2.45) is 5.73 Å². The maximum Gasteiger partial charge on any atom is 0.174 e. The third kappa shape index (κ3) is 3.84. The Labute approximate surface area is 127 Å². The van der Waals surface area contributed by atoms with Gasteiger partial charge in [-0.2, -0.15) is 0 Å². The normalized spacial score (nSPS) is 12.4. The number of halogens is 1. The summed E-state index contributed by atoms with van der Waals surface area (Å²) >= 11 is 3.52. The van der Waals surface area contributed by atoms with Gasteiger partial charge in [0, 0.05) is 16.6 Å². The van der Waals surface area contributed by atoms with E-state index in [0.29, 0.717) is 12.4 Å². The van der Waals surface area contributed by atoms with Gasteiger partial charge in [-0.1, -0.05) is 28.0 Å². The predicted molar refractivity (Wildman–Crippen MR) is 81.7 cm³/mol. The summed E-state index contributed by atoms with van der Waals surface area (Å²) < 4.78 is 12.0. The molecule has 0 fully saturated rings. The SMILES string of the molecule is CCC(N)Cc1cc(Br)cc(C)c1OCc1ccno1. The summed E-state index contributed by atoms with van der Waals surface area (Å²) in [6, 6.07) is 6.04. The van der Waals surface area contributed by atoms with Crippen LogP contribution in [-0.4, -0.2) is 11.2 Å². The second-order valence-electron chi connectivity index (χ2n) is 4.85. The molecule has 4 nitrogen and oxygen atoms in total. The molecule has 1 unspecified atom stereocenters. The van der Waals surface area contributed by atoms with E-state index in [4.69, 9.17) is 15.0 Å². The quantitative estimate of drug-likeness (QED) is 0.873. The fraction of sp³-hybridized carbons (Fsp3) is 0.400. The highest BCUT2D eigenvalue weighted by Gasteiger charge is 2.13. The largest absolute Gasteiger partial charge is 0.485 e. The molecule has 0 spiro atoms. The second-order valence-corrected chi connectivity index (χ2v) is 5.77. The van der Waals surface area contributed by atoms with Crippen molar-refractivity contribution >= 4 is 15.9 Å². The molecule has 0 radical (unpaired) electrons. The van der Waals surface area contributed by atoms with Crippen molar-refractivity contribution < 1.29 is 9.26 Å². The molecule has 0 aliphatic carbocycles. The smallest absolute Gasteiger partial charge is 0.174 e. The number of nitrogens with zero attached hydrogens (tertiary/aromatic N) is 1. The van der Waals surface area contributed by atoms with Crippen molar-refractivity contribution in [2.75, 3.05) is 0 Å². The number of rotatable bonds is 6. The highest BCUT2D eigenvalue weighted by molar-refractivity contribution is 9.10. The van der Waals surface area contributed by atoms with Crippen LogP contribution in [-0.2, 0) is 13.0 Å². The van der Waals surface area contributed by atoms with E-state index in [1.54, 1.807) is 12.3 Å². The monoisotopic (exact) mass is 338 g/mol. The van der Waals surface area contributed by atoms with Crippen molar-refractivity contribution in [1.29, 1.82) is 0 Å². The number of aromatic nitrogens is 1. The van der Waals surface area contributed by atoms with E-state index >= 15 is 0 Å². The van der Waals surface area contributed by atoms with Gasteiger partial charge in [-0.05, 0) is 43.0 Å². The van der Waals surface area contributed by atoms with Gasteiger partial charge in [-0.3, -0.25) is 0 Å². The van der Waals surface area contributed by atoms with Crippen LogP contribution in [0.4, 0.5) is 0 Å². The maximum atomic E-state index is 6.07. The Morgan fingerprint density at radius 2 is 2.25 bits per heavy atom. The second kappa shape index (κ2) is 6.90. The minimum absolute atomic E-state index is 0.135. The molecule has 20 heavy (non-hydrogen) atoms. The van der Waals surface area contributed by atoms with Crippen LogP contribution in [0.15, 0.2) is 33.4 Å². The van der Waals surface area contributed by atoms with Gasteiger partial charge >= 0.3 is 0 Å². The minimum Gasteiger partial charge on any atom is -0.485 e. The number of hydrogen-bond donors (Lipinski definition) is 1. The minimum atomic E-state index is 0.135. The zero-order valence-corrected chi connectivity index (χ0v) is 13.3. The molecule has 0 bridgehead atoms. The molecule has 2 N–H and O–H groups in total. The zero-order valence-electron chi connectivity index (χ0n) is 11.7. The van der Waals surface area contributed by atoms with Crippen molar-refractivity contribution in [1.82, 2.24) is 5.16 Å². The lowest BCUT2D eigenvalue weighted by atomic mass is 10.0. The molecule has 2 rings (SSSR count). The van der Waals surface area contributed by atoms with Gasteiger partial charge in [-0.15, -0.1) is 0 Å². The van der Waals surface area contributed by atoms with E-state index in [0.717, 1.165) is 34.2 Å². The molecular weight excluding hydrogens is 320 g/mol. The van der Waals surface area contributed by atoms with Crippen molar-refractivity contribution in [3.8, 4) is 5.75 Å². The van der Waals surface area contributed by atoms with Crippen LogP contribution in [0.3, 0.4) is 0 Å². The van der Waals surface area contributed by atoms with Gasteiger partial charge < -0.3 is 15.0 Å². The Kier molecular flexibility index (Phi) is 5.20. The lowest BCUT2D eigenvalue weighted by molar-refractivity contribution is 0.245. The highest BCUT2D eigenvalue weighted by Crippen LogP contribution is 2.30. The summed E-state index contributed by atoms with van der Waals surface area (Å²) in [5, 5.41) is 3.67. The molecule has 5 heteroatoms. The van der Waals surface area contributed by atoms with Crippen molar-refractivity contribution in [2.45, 2.75) is 39.3 Å². The lowest BCUT2D eigenvalue weighted by Gasteiger charge is -2.16. The summed E-state index contributed by atoms with van der Waals surface area (Å²) in [4.78, 5) is 0. The van der Waals surface area contributed by atoms with Crippen molar-refractivity contribution in [3.05, 3.63) is 45.8 Å². The van der Waals surface area contributed by atoms with E-state index < -0.39 is 0 Å². The molecule has 108 valence electrons. The number of nitrogens with two attached hydrogens (primary N) is 1. The highest BCUT2D eigenvalue weighted by atomic mass is 79.9. The lowest BCUT2D eigenvalue weighted by Crippen LogP contribution is -2.22. The Morgan fingerprint density at radius 3 is 2.90 bits per heavy atom. The molecule has 1 aromatic carbocycles. The topological polar surface area (TPSA) is 61.3 Å². The zero-order chi connectivity index (χ0) is 14.5. The summed E-state index contributed by atoms with van der Waals surface area (Å²) in [5.41, 5.74) is 8.26. The summed E-state index contributed by atoms with van der Waals surface area (Å²) in [7, 11) is 0.